The van der Waals surface area contributed by atoms with Gasteiger partial charge in [-0.3, -0.25) is 4.79 Å². The summed E-state index contributed by atoms with van der Waals surface area (Å²) >= 11 is 12.8. The normalized spacial score (nSPS) is 16.2. The minimum absolute atomic E-state index is 2.94. The Morgan fingerprint density at radius 3 is 1.00 bits per heavy atom. The molecule has 150 valence electrons. The highest BCUT2D eigenvalue weighted by atomic mass is 35.5. The number of halogens is 16. The summed E-state index contributed by atoms with van der Waals surface area (Å²) in [6.45, 7) is 0. The second-order valence-electron chi connectivity index (χ2n) is 4.22. The summed E-state index contributed by atoms with van der Waals surface area (Å²) in [7, 11) is 0. The van der Waals surface area contributed by atoms with Crippen LogP contribution in [-0.2, 0) is 4.79 Å². The van der Waals surface area contributed by atoms with E-state index in [1.807, 2.05) is 0 Å². The van der Waals surface area contributed by atoms with E-state index in [4.69, 9.17) is 0 Å². The fourth-order valence-corrected chi connectivity index (χ4v) is 1.45. The molecule has 0 spiro atoms. The van der Waals surface area contributed by atoms with Crippen LogP contribution >= 0.6 is 34.8 Å². The van der Waals surface area contributed by atoms with Gasteiger partial charge < -0.3 is 0 Å². The molecule has 0 fully saturated rings. The van der Waals surface area contributed by atoms with Crippen LogP contribution in [0.5, 0.6) is 0 Å². The molecule has 0 unspecified atom stereocenters. The molecule has 25 heavy (non-hydrogen) atoms. The Morgan fingerprint density at radius 2 is 0.760 bits per heavy atom. The number of hydrogen-bond acceptors (Lipinski definition) is 1. The van der Waals surface area contributed by atoms with Gasteiger partial charge in [0.25, 0.3) is 9.58 Å². The first-order valence-corrected chi connectivity index (χ1v) is 6.11. The Morgan fingerprint density at radius 1 is 0.520 bits per heavy atom. The van der Waals surface area contributed by atoms with Gasteiger partial charge in [0.05, 0.1) is 0 Å². The zero-order valence-electron chi connectivity index (χ0n) is 10.5. The molecule has 0 rings (SSSR count). The Labute approximate surface area is 143 Å². The van der Waals surface area contributed by atoms with Crippen LogP contribution < -0.4 is 0 Å². The molecule has 0 aliphatic carbocycles. The lowest BCUT2D eigenvalue weighted by Gasteiger charge is -2.41. The molecule has 0 aliphatic heterocycles. The van der Waals surface area contributed by atoms with Gasteiger partial charge in [-0.05, 0) is 11.6 Å². The Kier molecular flexibility index (Phi) is 5.99. The molecule has 0 radical (unpaired) electrons. The maximum atomic E-state index is 13.3. The molecular weight excluding hydrogens is 465 g/mol. The molecular formula is C8Cl3F13O. The van der Waals surface area contributed by atoms with Crippen LogP contribution in [0.3, 0.4) is 0 Å². The lowest BCUT2D eigenvalue weighted by molar-refractivity contribution is -0.439. The first-order chi connectivity index (χ1) is 10.4. The molecule has 0 aliphatic rings. The van der Waals surface area contributed by atoms with Crippen molar-refractivity contribution in [2.75, 3.05) is 0 Å². The van der Waals surface area contributed by atoms with E-state index in [-0.39, 0.29) is 0 Å². The summed E-state index contributed by atoms with van der Waals surface area (Å²) in [6.07, 6.45) is -7.55. The topological polar surface area (TPSA) is 17.1 Å². The number of alkyl halides is 15. The van der Waals surface area contributed by atoms with Crippen molar-refractivity contribution in [3.8, 4) is 0 Å². The van der Waals surface area contributed by atoms with Crippen LogP contribution in [0.15, 0.2) is 0 Å². The van der Waals surface area contributed by atoms with Crippen molar-refractivity contribution in [3.63, 3.8) is 0 Å². The van der Waals surface area contributed by atoms with Gasteiger partial charge in [0.15, 0.2) is 0 Å². The fourth-order valence-electron chi connectivity index (χ4n) is 1.09. The van der Waals surface area contributed by atoms with Gasteiger partial charge in [-0.25, -0.2) is 0 Å². The monoisotopic (exact) mass is 464 g/mol. The first kappa shape index (κ1) is 24.6. The number of carbonyl (C=O) groups excluding carboxylic acids is 1. The Hall–Kier alpha value is -0.370. The van der Waals surface area contributed by atoms with Crippen LogP contribution in [-0.4, -0.2) is 45.4 Å². The van der Waals surface area contributed by atoms with E-state index in [9.17, 15) is 61.9 Å². The molecule has 0 heterocycles. The van der Waals surface area contributed by atoms with Gasteiger partial charge in [-0.2, -0.15) is 57.1 Å². The summed E-state index contributed by atoms with van der Waals surface area (Å²) in [5, 5.41) is -2.94. The molecule has 0 bridgehead atoms. The molecule has 0 saturated carbocycles. The smallest absolute Gasteiger partial charge is 0.278 e. The molecule has 0 aromatic rings. The molecule has 0 N–H and O–H groups in total. The quantitative estimate of drug-likeness (QED) is 0.281. The van der Waals surface area contributed by atoms with Crippen molar-refractivity contribution in [3.05, 3.63) is 0 Å². The first-order valence-electron chi connectivity index (χ1n) is 4.98. The van der Waals surface area contributed by atoms with E-state index < -0.39 is 45.4 Å². The minimum Gasteiger partial charge on any atom is -0.278 e. The number of carbonyl (C=O) groups is 1. The predicted molar refractivity (Wildman–Crippen MR) is 56.1 cm³/mol. The zero-order valence-corrected chi connectivity index (χ0v) is 12.7. The van der Waals surface area contributed by atoms with Crippen molar-refractivity contribution < 1.29 is 61.9 Å². The van der Waals surface area contributed by atoms with E-state index in [2.05, 4.69) is 34.8 Å². The van der Waals surface area contributed by atoms with Gasteiger partial charge in [-0.1, -0.05) is 23.2 Å². The highest BCUT2D eigenvalue weighted by Crippen LogP contribution is 2.63. The maximum absolute atomic E-state index is 13.3. The van der Waals surface area contributed by atoms with Gasteiger partial charge in [0.2, 0.25) is 0 Å². The number of rotatable bonds is 6. The maximum Gasteiger partial charge on any atom is 0.460 e. The summed E-state index contributed by atoms with van der Waals surface area (Å²) in [5.74, 6) is -38.9. The standard InChI is InChI=1S/C8Cl3F13O/c9-1(25)2(10,11)3(12,13)4(14,15)5(16,17)6(18,19)7(20,21)8(22,23)24. The summed E-state index contributed by atoms with van der Waals surface area (Å²) in [4.78, 5) is 10.4. The third kappa shape index (κ3) is 3.11. The van der Waals surface area contributed by atoms with E-state index in [1.165, 1.54) is 0 Å². The van der Waals surface area contributed by atoms with Crippen LogP contribution in [0, 0.1) is 0 Å². The Balaban J connectivity index is 6.55. The average Bonchev–Trinajstić information content (AvgIpc) is 2.35. The van der Waals surface area contributed by atoms with Crippen molar-refractivity contribution in [2.45, 2.75) is 40.1 Å². The largest absolute Gasteiger partial charge is 0.460 e. The molecule has 0 saturated heterocycles. The molecule has 0 amide bonds. The lowest BCUT2D eigenvalue weighted by Crippen LogP contribution is -2.72. The second kappa shape index (κ2) is 6.08. The second-order valence-corrected chi connectivity index (χ2v) is 5.89. The van der Waals surface area contributed by atoms with Crippen molar-refractivity contribution in [1.82, 2.24) is 0 Å². The van der Waals surface area contributed by atoms with E-state index in [0.29, 0.717) is 0 Å². The van der Waals surface area contributed by atoms with E-state index in [0.717, 1.165) is 0 Å². The molecule has 0 atom stereocenters. The lowest BCUT2D eigenvalue weighted by atomic mass is 9.92. The van der Waals surface area contributed by atoms with E-state index in [1.54, 1.807) is 0 Å². The molecule has 1 nitrogen and oxygen atoms in total. The van der Waals surface area contributed by atoms with Crippen LogP contribution in [0.4, 0.5) is 57.1 Å². The van der Waals surface area contributed by atoms with Gasteiger partial charge in [0, 0.05) is 0 Å². The summed E-state index contributed by atoms with van der Waals surface area (Å²) < 4.78 is 160. The predicted octanol–water partition coefficient (Wildman–Crippen LogP) is 5.66. The average molecular weight is 465 g/mol. The highest BCUT2D eigenvalue weighted by molar-refractivity contribution is 6.78. The van der Waals surface area contributed by atoms with Gasteiger partial charge in [-0.15, -0.1) is 0 Å². The Bertz CT molecular complexity index is 538. The van der Waals surface area contributed by atoms with E-state index >= 15 is 0 Å². The third-order valence-corrected chi connectivity index (χ3v) is 3.87. The summed E-state index contributed by atoms with van der Waals surface area (Å²) in [6, 6.07) is 0. The summed E-state index contributed by atoms with van der Waals surface area (Å²) in [5.41, 5.74) is 0. The van der Waals surface area contributed by atoms with Crippen molar-refractivity contribution in [2.24, 2.45) is 0 Å². The number of hydrogen-bond donors (Lipinski definition) is 0. The third-order valence-electron chi connectivity index (χ3n) is 2.57. The van der Waals surface area contributed by atoms with Crippen molar-refractivity contribution >= 4 is 40.0 Å². The molecule has 0 aromatic heterocycles. The molecule has 17 heteroatoms. The SMILES string of the molecule is O=C(Cl)C(Cl)(Cl)C(F)(F)C(F)(F)C(F)(F)C(F)(F)C(F)(F)C(F)(F)F. The molecule has 0 aromatic carbocycles. The minimum atomic E-state index is -8.12. The fraction of sp³-hybridized carbons (Fsp3) is 0.875. The van der Waals surface area contributed by atoms with Crippen LogP contribution in [0.25, 0.3) is 0 Å². The van der Waals surface area contributed by atoms with Crippen LogP contribution in [0.2, 0.25) is 0 Å². The zero-order chi connectivity index (χ0) is 21.1. The van der Waals surface area contributed by atoms with Gasteiger partial charge in [0.1, 0.15) is 0 Å². The van der Waals surface area contributed by atoms with Crippen LogP contribution in [0.1, 0.15) is 0 Å². The van der Waals surface area contributed by atoms with Gasteiger partial charge >= 0.3 is 35.8 Å². The van der Waals surface area contributed by atoms with Crippen molar-refractivity contribution in [1.29, 1.82) is 0 Å². The highest BCUT2D eigenvalue weighted by Gasteiger charge is 2.93.